The minimum absolute atomic E-state index is 0. The molecule has 158 valence electrons. The number of anilines is 1. The van der Waals surface area contributed by atoms with Crippen LogP contribution in [-0.4, -0.2) is 49.1 Å². The second-order valence-corrected chi connectivity index (χ2v) is 8.00. The number of rotatable bonds is 5. The highest BCUT2D eigenvalue weighted by atomic mass is 127. The van der Waals surface area contributed by atoms with Crippen molar-refractivity contribution in [1.29, 1.82) is 0 Å². The highest BCUT2D eigenvalue weighted by molar-refractivity contribution is 14.0. The third-order valence-corrected chi connectivity index (χ3v) is 4.35. The number of aliphatic imine (C=N–C) groups is 1. The van der Waals surface area contributed by atoms with E-state index in [0.29, 0.717) is 12.5 Å². The molecule has 1 saturated heterocycles. The number of amides is 1. The van der Waals surface area contributed by atoms with Crippen molar-refractivity contribution in [3.8, 4) is 0 Å². The number of pyridine rings is 1. The molecular weight excluding hydrogens is 467 g/mol. The Hall–Kier alpha value is -1.58. The Kier molecular flexibility index (Phi) is 10.6. The summed E-state index contributed by atoms with van der Waals surface area (Å²) < 4.78 is 0. The predicted molar refractivity (Wildman–Crippen MR) is 126 cm³/mol. The van der Waals surface area contributed by atoms with Crippen molar-refractivity contribution >= 4 is 41.7 Å². The molecule has 2 rings (SSSR count). The van der Waals surface area contributed by atoms with Crippen LogP contribution in [0.3, 0.4) is 0 Å². The van der Waals surface area contributed by atoms with Gasteiger partial charge in [-0.25, -0.2) is 4.98 Å². The van der Waals surface area contributed by atoms with Crippen LogP contribution in [0.25, 0.3) is 0 Å². The van der Waals surface area contributed by atoms with E-state index in [1.54, 1.807) is 7.05 Å². The minimum Gasteiger partial charge on any atom is -0.357 e. The van der Waals surface area contributed by atoms with E-state index in [2.05, 4.69) is 43.0 Å². The molecule has 0 saturated carbocycles. The zero-order chi connectivity index (χ0) is 19.7. The van der Waals surface area contributed by atoms with Gasteiger partial charge in [0.2, 0.25) is 5.91 Å². The maximum atomic E-state index is 11.9. The number of hydrogen-bond donors (Lipinski definition) is 3. The molecule has 1 amide bonds. The van der Waals surface area contributed by atoms with E-state index in [1.807, 2.05) is 27.0 Å². The number of guanidine groups is 1. The number of nitrogens with one attached hydrogen (secondary N) is 3. The first-order valence-electron chi connectivity index (χ1n) is 9.83. The summed E-state index contributed by atoms with van der Waals surface area (Å²) in [4.78, 5) is 23.1. The lowest BCUT2D eigenvalue weighted by atomic mass is 10.1. The second kappa shape index (κ2) is 12.1. The van der Waals surface area contributed by atoms with Crippen LogP contribution in [0, 0.1) is 0 Å². The van der Waals surface area contributed by atoms with Gasteiger partial charge >= 0.3 is 0 Å². The molecule has 1 fully saturated rings. The standard InChI is InChI=1S/C20H34N6O.HI/c1-20(2,3)25-18(27)15-24-19(21-4)23-14-16-9-10-17(22-13-16)26-11-7-5-6-8-12-26;/h9-10,13H,5-8,11-12,14-15H2,1-4H3,(H,25,27)(H2,21,23,24);1H. The summed E-state index contributed by atoms with van der Waals surface area (Å²) in [5.41, 5.74) is 0.840. The molecule has 0 radical (unpaired) electrons. The van der Waals surface area contributed by atoms with Gasteiger partial charge in [-0.1, -0.05) is 18.9 Å². The fourth-order valence-corrected chi connectivity index (χ4v) is 3.04. The van der Waals surface area contributed by atoms with Crippen molar-refractivity contribution in [3.63, 3.8) is 0 Å². The lowest BCUT2D eigenvalue weighted by molar-refractivity contribution is -0.121. The van der Waals surface area contributed by atoms with Crippen LogP contribution in [0.5, 0.6) is 0 Å². The van der Waals surface area contributed by atoms with Gasteiger partial charge in [0.15, 0.2) is 5.96 Å². The topological polar surface area (TPSA) is 81.6 Å². The molecule has 1 aromatic rings. The summed E-state index contributed by atoms with van der Waals surface area (Å²) in [6.45, 7) is 8.85. The van der Waals surface area contributed by atoms with Crippen LogP contribution < -0.4 is 20.9 Å². The summed E-state index contributed by atoms with van der Waals surface area (Å²) >= 11 is 0. The van der Waals surface area contributed by atoms with E-state index in [9.17, 15) is 4.79 Å². The van der Waals surface area contributed by atoms with Crippen LogP contribution in [0.1, 0.15) is 52.0 Å². The Balaban J connectivity index is 0.00000392. The van der Waals surface area contributed by atoms with Crippen LogP contribution in [0.2, 0.25) is 0 Å². The van der Waals surface area contributed by atoms with E-state index >= 15 is 0 Å². The smallest absolute Gasteiger partial charge is 0.239 e. The quantitative estimate of drug-likeness (QED) is 0.328. The Morgan fingerprint density at radius 2 is 1.82 bits per heavy atom. The van der Waals surface area contributed by atoms with Gasteiger partial charge < -0.3 is 20.9 Å². The molecule has 7 nitrogen and oxygen atoms in total. The second-order valence-electron chi connectivity index (χ2n) is 8.00. The van der Waals surface area contributed by atoms with Gasteiger partial charge in [0.25, 0.3) is 0 Å². The molecule has 0 aromatic carbocycles. The average Bonchev–Trinajstić information content (AvgIpc) is 2.90. The molecule has 8 heteroatoms. The van der Waals surface area contributed by atoms with E-state index in [1.165, 1.54) is 25.7 Å². The van der Waals surface area contributed by atoms with Crippen molar-refractivity contribution in [2.24, 2.45) is 4.99 Å². The predicted octanol–water partition coefficient (Wildman–Crippen LogP) is 2.66. The molecule has 1 aliphatic heterocycles. The average molecular weight is 502 g/mol. The number of nitrogens with zero attached hydrogens (tertiary/aromatic N) is 3. The summed E-state index contributed by atoms with van der Waals surface area (Å²) in [6, 6.07) is 4.19. The lowest BCUT2D eigenvalue weighted by Crippen LogP contribution is -2.48. The number of aromatic nitrogens is 1. The van der Waals surface area contributed by atoms with Crippen molar-refractivity contribution in [2.75, 3.05) is 31.6 Å². The Morgan fingerprint density at radius 3 is 2.36 bits per heavy atom. The third-order valence-electron chi connectivity index (χ3n) is 4.35. The first kappa shape index (κ1) is 24.5. The van der Waals surface area contributed by atoms with Crippen molar-refractivity contribution in [2.45, 2.75) is 58.5 Å². The molecule has 0 unspecified atom stereocenters. The van der Waals surface area contributed by atoms with Crippen molar-refractivity contribution in [1.82, 2.24) is 20.9 Å². The normalized spacial score (nSPS) is 15.3. The molecule has 3 N–H and O–H groups in total. The summed E-state index contributed by atoms with van der Waals surface area (Å²) in [7, 11) is 1.69. The molecule has 0 aliphatic carbocycles. The molecule has 1 aliphatic rings. The summed E-state index contributed by atoms with van der Waals surface area (Å²) in [6.07, 6.45) is 7.04. The van der Waals surface area contributed by atoms with Gasteiger partial charge in [-0.15, -0.1) is 24.0 Å². The summed E-state index contributed by atoms with van der Waals surface area (Å²) in [5.74, 6) is 1.59. The number of carbonyl (C=O) groups excluding carboxylic acids is 1. The first-order valence-corrected chi connectivity index (χ1v) is 9.83. The van der Waals surface area contributed by atoms with E-state index in [0.717, 1.165) is 24.5 Å². The van der Waals surface area contributed by atoms with E-state index in [-0.39, 0.29) is 42.0 Å². The number of carbonyl (C=O) groups is 1. The van der Waals surface area contributed by atoms with Crippen LogP contribution >= 0.6 is 24.0 Å². The molecule has 28 heavy (non-hydrogen) atoms. The maximum Gasteiger partial charge on any atom is 0.239 e. The SMILES string of the molecule is CN=C(NCC(=O)NC(C)(C)C)NCc1ccc(N2CCCCCC2)nc1.I. The van der Waals surface area contributed by atoms with Gasteiger partial charge in [-0.2, -0.15) is 0 Å². The van der Waals surface area contributed by atoms with Gasteiger partial charge in [0, 0.05) is 38.4 Å². The first-order chi connectivity index (χ1) is 12.9. The molecule has 2 heterocycles. The number of hydrogen-bond acceptors (Lipinski definition) is 4. The van der Waals surface area contributed by atoms with Crippen LogP contribution in [-0.2, 0) is 11.3 Å². The third kappa shape index (κ3) is 9.07. The van der Waals surface area contributed by atoms with Gasteiger partial charge in [0.05, 0.1) is 6.54 Å². The van der Waals surface area contributed by atoms with Crippen LogP contribution in [0.15, 0.2) is 23.3 Å². The molecule has 0 spiro atoms. The minimum atomic E-state index is -0.240. The van der Waals surface area contributed by atoms with Crippen LogP contribution in [0.4, 0.5) is 5.82 Å². The lowest BCUT2D eigenvalue weighted by Gasteiger charge is -2.22. The molecule has 0 bridgehead atoms. The summed E-state index contributed by atoms with van der Waals surface area (Å²) in [5, 5.41) is 9.16. The highest BCUT2D eigenvalue weighted by Gasteiger charge is 2.14. The highest BCUT2D eigenvalue weighted by Crippen LogP contribution is 2.17. The van der Waals surface area contributed by atoms with Crippen molar-refractivity contribution in [3.05, 3.63) is 23.9 Å². The molecular formula is C20H35IN6O. The van der Waals surface area contributed by atoms with Crippen molar-refractivity contribution < 1.29 is 4.79 Å². The fraction of sp³-hybridized carbons (Fsp3) is 0.650. The zero-order valence-electron chi connectivity index (χ0n) is 17.5. The Labute approximate surface area is 186 Å². The molecule has 0 atom stereocenters. The van der Waals surface area contributed by atoms with Gasteiger partial charge in [-0.05, 0) is 45.2 Å². The monoisotopic (exact) mass is 502 g/mol. The fourth-order valence-electron chi connectivity index (χ4n) is 3.04. The molecule has 1 aromatic heterocycles. The maximum absolute atomic E-state index is 11.9. The van der Waals surface area contributed by atoms with E-state index < -0.39 is 0 Å². The van der Waals surface area contributed by atoms with E-state index in [4.69, 9.17) is 0 Å². The van der Waals surface area contributed by atoms with Gasteiger partial charge in [-0.3, -0.25) is 9.79 Å². The Bertz CT molecular complexity index is 619. The largest absolute Gasteiger partial charge is 0.357 e. The zero-order valence-corrected chi connectivity index (χ0v) is 19.9. The van der Waals surface area contributed by atoms with Gasteiger partial charge in [0.1, 0.15) is 5.82 Å². The number of halogens is 1. The Morgan fingerprint density at radius 1 is 1.14 bits per heavy atom.